The molecule has 1 amide bonds. The molecule has 0 aromatic carbocycles. The van der Waals surface area contributed by atoms with E-state index in [1.807, 2.05) is 27.7 Å². The van der Waals surface area contributed by atoms with E-state index in [-0.39, 0.29) is 18.4 Å². The maximum absolute atomic E-state index is 12.3. The Labute approximate surface area is 125 Å². The van der Waals surface area contributed by atoms with E-state index < -0.39 is 5.97 Å². The smallest absolute Gasteiger partial charge is 0.303 e. The number of nitrogens with zero attached hydrogens (tertiary/aromatic N) is 2. The Hall–Kier alpha value is -1.85. The van der Waals surface area contributed by atoms with Crippen molar-refractivity contribution in [1.29, 1.82) is 0 Å². The topological polar surface area (TPSA) is 83.6 Å². The van der Waals surface area contributed by atoms with Crippen LogP contribution in [0, 0.1) is 13.8 Å². The normalized spacial score (nSPS) is 10.9. The fraction of sp³-hybridized carbons (Fsp3) is 0.667. The number of carboxylic acids is 1. The molecule has 0 aliphatic rings. The molecule has 1 rings (SSSR count). The lowest BCUT2D eigenvalue weighted by atomic mass is 10.1. The Morgan fingerprint density at radius 2 is 1.95 bits per heavy atom. The van der Waals surface area contributed by atoms with Gasteiger partial charge in [-0.15, -0.1) is 0 Å². The number of aliphatic carboxylic acids is 1. The minimum Gasteiger partial charge on any atom is -0.481 e. The first-order chi connectivity index (χ1) is 9.82. The fourth-order valence-electron chi connectivity index (χ4n) is 2.31. The summed E-state index contributed by atoms with van der Waals surface area (Å²) in [4.78, 5) is 24.6. The molecule has 6 heteroatoms. The number of carbonyl (C=O) groups is 2. The maximum atomic E-state index is 12.3. The van der Waals surface area contributed by atoms with E-state index in [9.17, 15) is 9.59 Å². The molecular weight excluding hydrogens is 272 g/mol. The molecule has 1 aromatic rings. The van der Waals surface area contributed by atoms with Gasteiger partial charge in [0.15, 0.2) is 0 Å². The molecule has 0 unspecified atom stereocenters. The van der Waals surface area contributed by atoms with E-state index >= 15 is 0 Å². The van der Waals surface area contributed by atoms with E-state index in [0.29, 0.717) is 25.8 Å². The first-order valence-corrected chi connectivity index (χ1v) is 7.26. The number of amides is 1. The summed E-state index contributed by atoms with van der Waals surface area (Å²) in [5.41, 5.74) is 1.81. The molecule has 1 heterocycles. The number of hydrogen-bond donors (Lipinski definition) is 1. The number of rotatable bonds is 8. The van der Waals surface area contributed by atoms with Crippen LogP contribution in [0.5, 0.6) is 0 Å². The number of aryl methyl sites for hydroxylation is 2. The molecule has 1 aromatic heterocycles. The number of carboxylic acid groups (broad SMARTS) is 1. The van der Waals surface area contributed by atoms with E-state index in [0.717, 1.165) is 17.0 Å². The second-order valence-electron chi connectivity index (χ2n) is 5.48. The predicted octanol–water partition coefficient (Wildman–Crippen LogP) is 2.33. The van der Waals surface area contributed by atoms with Crippen LogP contribution >= 0.6 is 0 Å². The van der Waals surface area contributed by atoms with E-state index in [2.05, 4.69) is 5.16 Å². The van der Waals surface area contributed by atoms with Gasteiger partial charge in [-0.05, 0) is 40.5 Å². The summed E-state index contributed by atoms with van der Waals surface area (Å²) in [5, 5.41) is 12.6. The van der Waals surface area contributed by atoms with Gasteiger partial charge in [-0.1, -0.05) is 5.16 Å². The average molecular weight is 296 g/mol. The summed E-state index contributed by atoms with van der Waals surface area (Å²) in [6.45, 7) is 8.06. The summed E-state index contributed by atoms with van der Waals surface area (Å²) in [6, 6.07) is 0.0657. The van der Waals surface area contributed by atoms with Crippen molar-refractivity contribution in [1.82, 2.24) is 10.1 Å². The number of hydrogen-bond acceptors (Lipinski definition) is 4. The first kappa shape index (κ1) is 17.2. The van der Waals surface area contributed by atoms with Crippen LogP contribution in [-0.4, -0.2) is 39.6 Å². The quantitative estimate of drug-likeness (QED) is 0.796. The van der Waals surface area contributed by atoms with Crippen molar-refractivity contribution < 1.29 is 19.2 Å². The van der Waals surface area contributed by atoms with Crippen molar-refractivity contribution in [3.8, 4) is 0 Å². The van der Waals surface area contributed by atoms with Crippen molar-refractivity contribution in [2.45, 2.75) is 59.4 Å². The van der Waals surface area contributed by atoms with Crippen LogP contribution in [-0.2, 0) is 16.0 Å². The van der Waals surface area contributed by atoms with Gasteiger partial charge in [0.25, 0.3) is 0 Å². The Balaban J connectivity index is 2.55. The van der Waals surface area contributed by atoms with Gasteiger partial charge in [0.05, 0.1) is 5.69 Å². The lowest BCUT2D eigenvalue weighted by molar-refractivity contribution is -0.138. The third-order valence-electron chi connectivity index (χ3n) is 3.50. The van der Waals surface area contributed by atoms with Gasteiger partial charge < -0.3 is 14.5 Å². The standard InChI is InChI=1S/C15H24N2O4/c1-10(2)17(9-5-6-15(19)20)14(18)8-7-13-11(3)16-21-12(13)4/h10H,5-9H2,1-4H3,(H,19,20). The summed E-state index contributed by atoms with van der Waals surface area (Å²) in [7, 11) is 0. The minimum absolute atomic E-state index is 0.0374. The van der Waals surface area contributed by atoms with Crippen LogP contribution in [0.4, 0.5) is 0 Å². The van der Waals surface area contributed by atoms with Crippen LogP contribution in [0.25, 0.3) is 0 Å². The zero-order valence-corrected chi connectivity index (χ0v) is 13.2. The molecule has 0 aliphatic carbocycles. The lowest BCUT2D eigenvalue weighted by Gasteiger charge is -2.26. The molecule has 118 valence electrons. The molecule has 0 spiro atoms. The van der Waals surface area contributed by atoms with Gasteiger partial charge in [0, 0.05) is 31.0 Å². The molecule has 6 nitrogen and oxygen atoms in total. The molecule has 0 bridgehead atoms. The Morgan fingerprint density at radius 3 is 2.43 bits per heavy atom. The summed E-state index contributed by atoms with van der Waals surface area (Å²) in [6.07, 6.45) is 1.54. The molecule has 0 radical (unpaired) electrons. The van der Waals surface area contributed by atoms with Crippen LogP contribution < -0.4 is 0 Å². The van der Waals surface area contributed by atoms with Crippen LogP contribution in [0.3, 0.4) is 0 Å². The molecule has 1 N–H and O–H groups in total. The van der Waals surface area contributed by atoms with Crippen LogP contribution in [0.2, 0.25) is 0 Å². The summed E-state index contributed by atoms with van der Waals surface area (Å²) in [5.74, 6) is -0.0421. The maximum Gasteiger partial charge on any atom is 0.303 e. The van der Waals surface area contributed by atoms with E-state index in [1.54, 1.807) is 4.90 Å². The molecule has 21 heavy (non-hydrogen) atoms. The van der Waals surface area contributed by atoms with Gasteiger partial charge >= 0.3 is 5.97 Å². The zero-order valence-electron chi connectivity index (χ0n) is 13.2. The second-order valence-corrected chi connectivity index (χ2v) is 5.48. The van der Waals surface area contributed by atoms with Crippen LogP contribution in [0.1, 0.15) is 50.1 Å². The van der Waals surface area contributed by atoms with Crippen molar-refractivity contribution in [2.24, 2.45) is 0 Å². The molecule has 0 aliphatic heterocycles. The van der Waals surface area contributed by atoms with Crippen LogP contribution in [0.15, 0.2) is 4.52 Å². The molecule has 0 saturated heterocycles. The average Bonchev–Trinajstić information content (AvgIpc) is 2.71. The fourth-order valence-corrected chi connectivity index (χ4v) is 2.31. The van der Waals surface area contributed by atoms with Crippen molar-refractivity contribution in [2.75, 3.05) is 6.54 Å². The number of aromatic nitrogens is 1. The van der Waals surface area contributed by atoms with E-state index in [4.69, 9.17) is 9.63 Å². The number of carbonyl (C=O) groups excluding carboxylic acids is 1. The van der Waals surface area contributed by atoms with Gasteiger partial charge in [0.2, 0.25) is 5.91 Å². The Bertz CT molecular complexity index is 474. The predicted molar refractivity (Wildman–Crippen MR) is 78.0 cm³/mol. The van der Waals surface area contributed by atoms with E-state index in [1.165, 1.54) is 0 Å². The third kappa shape index (κ3) is 5.21. The molecular formula is C15H24N2O4. The Morgan fingerprint density at radius 1 is 1.29 bits per heavy atom. The highest BCUT2D eigenvalue weighted by Crippen LogP contribution is 2.15. The zero-order chi connectivity index (χ0) is 16.0. The van der Waals surface area contributed by atoms with Gasteiger partial charge in [0.1, 0.15) is 5.76 Å². The summed E-state index contributed by atoms with van der Waals surface area (Å²) < 4.78 is 5.09. The largest absolute Gasteiger partial charge is 0.481 e. The van der Waals surface area contributed by atoms with Crippen molar-refractivity contribution >= 4 is 11.9 Å². The molecule has 0 fully saturated rings. The van der Waals surface area contributed by atoms with Gasteiger partial charge in [-0.25, -0.2) is 0 Å². The molecule has 0 saturated carbocycles. The second kappa shape index (κ2) is 7.81. The van der Waals surface area contributed by atoms with Gasteiger partial charge in [-0.2, -0.15) is 0 Å². The first-order valence-electron chi connectivity index (χ1n) is 7.26. The third-order valence-corrected chi connectivity index (χ3v) is 3.50. The minimum atomic E-state index is -0.832. The monoisotopic (exact) mass is 296 g/mol. The van der Waals surface area contributed by atoms with Gasteiger partial charge in [-0.3, -0.25) is 9.59 Å². The highest BCUT2D eigenvalue weighted by atomic mass is 16.5. The van der Waals surface area contributed by atoms with Crippen molar-refractivity contribution in [3.63, 3.8) is 0 Å². The highest BCUT2D eigenvalue weighted by Gasteiger charge is 2.18. The lowest BCUT2D eigenvalue weighted by Crippen LogP contribution is -2.38. The molecule has 0 atom stereocenters. The van der Waals surface area contributed by atoms with Crippen molar-refractivity contribution in [3.05, 3.63) is 17.0 Å². The summed E-state index contributed by atoms with van der Waals surface area (Å²) >= 11 is 0. The SMILES string of the molecule is Cc1noc(C)c1CCC(=O)N(CCCC(=O)O)C(C)C. The Kier molecular flexibility index (Phi) is 6.39. The highest BCUT2D eigenvalue weighted by molar-refractivity contribution is 5.77.